The van der Waals surface area contributed by atoms with Gasteiger partial charge in [-0.05, 0) is 32.4 Å². The van der Waals surface area contributed by atoms with Crippen LogP contribution in [-0.2, 0) is 14.3 Å². The number of ether oxygens (including phenoxy) is 1. The van der Waals surface area contributed by atoms with Gasteiger partial charge < -0.3 is 4.74 Å². The van der Waals surface area contributed by atoms with Gasteiger partial charge in [-0.1, -0.05) is 29.8 Å². The number of Topliss-reactive ketones (excluding diaryl/α,β-unsaturated/α-hetero) is 1. The molecule has 0 atom stereocenters. The quantitative estimate of drug-likeness (QED) is 0.347. The number of hydrogen-bond acceptors (Lipinski definition) is 3. The Morgan fingerprint density at radius 3 is 2.29 bits per heavy atom. The van der Waals surface area contributed by atoms with Crippen molar-refractivity contribution < 1.29 is 14.3 Å². The van der Waals surface area contributed by atoms with Crippen molar-refractivity contribution in [3.63, 3.8) is 0 Å². The number of hydrogen-bond donors (Lipinski definition) is 0. The molecule has 0 amide bonds. The van der Waals surface area contributed by atoms with Gasteiger partial charge in [-0.25, -0.2) is 4.79 Å². The van der Waals surface area contributed by atoms with Crippen LogP contribution in [0.25, 0.3) is 6.08 Å². The first kappa shape index (κ1) is 13.2. The summed E-state index contributed by atoms with van der Waals surface area (Å²) in [5, 5.41) is 0. The van der Waals surface area contributed by atoms with E-state index in [1.54, 1.807) is 13.0 Å². The van der Waals surface area contributed by atoms with Crippen LogP contribution < -0.4 is 0 Å². The maximum Gasteiger partial charge on any atom is 0.341 e. The van der Waals surface area contributed by atoms with Gasteiger partial charge in [-0.15, -0.1) is 0 Å². The molecule has 0 fully saturated rings. The third kappa shape index (κ3) is 3.87. The molecule has 1 aromatic rings. The van der Waals surface area contributed by atoms with Gasteiger partial charge in [0.15, 0.2) is 5.78 Å². The Labute approximate surface area is 101 Å². The molecule has 0 radical (unpaired) electrons. The van der Waals surface area contributed by atoms with E-state index in [0.717, 1.165) is 11.1 Å². The summed E-state index contributed by atoms with van der Waals surface area (Å²) < 4.78 is 4.83. The first-order valence-corrected chi connectivity index (χ1v) is 5.51. The number of esters is 1. The van der Waals surface area contributed by atoms with Crippen molar-refractivity contribution in [2.45, 2.75) is 20.8 Å². The van der Waals surface area contributed by atoms with E-state index in [1.165, 1.54) is 6.92 Å². The van der Waals surface area contributed by atoms with Crippen molar-refractivity contribution in [2.24, 2.45) is 0 Å². The number of benzene rings is 1. The smallest absolute Gasteiger partial charge is 0.341 e. The van der Waals surface area contributed by atoms with Gasteiger partial charge in [0.05, 0.1) is 6.61 Å². The van der Waals surface area contributed by atoms with E-state index in [9.17, 15) is 9.59 Å². The van der Waals surface area contributed by atoms with Crippen molar-refractivity contribution in [2.75, 3.05) is 6.61 Å². The Hall–Kier alpha value is -1.90. The van der Waals surface area contributed by atoms with Gasteiger partial charge >= 0.3 is 5.97 Å². The fraction of sp³-hybridized carbons (Fsp3) is 0.286. The van der Waals surface area contributed by atoms with Crippen LogP contribution >= 0.6 is 0 Å². The van der Waals surface area contributed by atoms with E-state index in [-0.39, 0.29) is 18.0 Å². The molecule has 0 bridgehead atoms. The third-order valence-electron chi connectivity index (χ3n) is 2.26. The maximum atomic E-state index is 11.5. The third-order valence-corrected chi connectivity index (χ3v) is 2.26. The summed E-state index contributed by atoms with van der Waals surface area (Å²) in [5.74, 6) is -0.857. The predicted molar refractivity (Wildman–Crippen MR) is 66.5 cm³/mol. The molecule has 0 aliphatic heterocycles. The lowest BCUT2D eigenvalue weighted by Gasteiger charge is -2.03. The Balaban J connectivity index is 3.02. The van der Waals surface area contributed by atoms with Crippen LogP contribution in [0.2, 0.25) is 0 Å². The molecule has 0 saturated carbocycles. The summed E-state index contributed by atoms with van der Waals surface area (Å²) in [6, 6.07) is 7.57. The summed E-state index contributed by atoms with van der Waals surface area (Å²) in [6.07, 6.45) is 1.56. The first-order chi connectivity index (χ1) is 8.04. The summed E-state index contributed by atoms with van der Waals surface area (Å²) in [7, 11) is 0. The van der Waals surface area contributed by atoms with E-state index in [2.05, 4.69) is 0 Å². The van der Waals surface area contributed by atoms with E-state index in [1.807, 2.05) is 31.2 Å². The number of aryl methyl sites for hydroxylation is 1. The lowest BCUT2D eigenvalue weighted by molar-refractivity contribution is -0.139. The Kier molecular flexibility index (Phi) is 4.64. The van der Waals surface area contributed by atoms with Crippen LogP contribution in [0.3, 0.4) is 0 Å². The normalized spacial score (nSPS) is 11.1. The Morgan fingerprint density at radius 1 is 1.24 bits per heavy atom. The average Bonchev–Trinajstić information content (AvgIpc) is 2.28. The molecule has 0 aliphatic carbocycles. The molecule has 0 saturated heterocycles. The lowest BCUT2D eigenvalue weighted by Crippen LogP contribution is -2.13. The van der Waals surface area contributed by atoms with Crippen LogP contribution in [0, 0.1) is 6.92 Å². The minimum Gasteiger partial charge on any atom is -0.462 e. The highest BCUT2D eigenvalue weighted by Gasteiger charge is 2.15. The molecular formula is C14H16O3. The Bertz CT molecular complexity index is 441. The SMILES string of the molecule is CCOC(=O)/C(=C/c1ccc(C)cc1)C(C)=O. The van der Waals surface area contributed by atoms with Crippen molar-refractivity contribution in [1.29, 1.82) is 0 Å². The fourth-order valence-electron chi connectivity index (χ4n) is 1.34. The number of carbonyl (C=O) groups is 2. The molecular weight excluding hydrogens is 216 g/mol. The van der Waals surface area contributed by atoms with Gasteiger partial charge in [0.2, 0.25) is 0 Å². The van der Waals surface area contributed by atoms with Crippen LogP contribution in [0.5, 0.6) is 0 Å². The molecule has 3 heteroatoms. The van der Waals surface area contributed by atoms with Gasteiger partial charge in [0.25, 0.3) is 0 Å². The molecule has 1 rings (SSSR count). The zero-order chi connectivity index (χ0) is 12.8. The predicted octanol–water partition coefficient (Wildman–Crippen LogP) is 2.53. The van der Waals surface area contributed by atoms with Crippen molar-refractivity contribution in [3.8, 4) is 0 Å². The minimum absolute atomic E-state index is 0.0794. The molecule has 0 aliphatic rings. The molecule has 17 heavy (non-hydrogen) atoms. The highest BCUT2D eigenvalue weighted by Crippen LogP contribution is 2.10. The minimum atomic E-state index is -0.569. The van der Waals surface area contributed by atoms with Gasteiger partial charge in [-0.3, -0.25) is 4.79 Å². The van der Waals surface area contributed by atoms with Crippen molar-refractivity contribution in [1.82, 2.24) is 0 Å². The van der Waals surface area contributed by atoms with Crippen molar-refractivity contribution >= 4 is 17.8 Å². The first-order valence-electron chi connectivity index (χ1n) is 5.51. The molecule has 3 nitrogen and oxygen atoms in total. The maximum absolute atomic E-state index is 11.5. The van der Waals surface area contributed by atoms with E-state index in [4.69, 9.17) is 4.74 Å². The van der Waals surface area contributed by atoms with E-state index >= 15 is 0 Å². The van der Waals surface area contributed by atoms with Crippen molar-refractivity contribution in [3.05, 3.63) is 41.0 Å². The zero-order valence-corrected chi connectivity index (χ0v) is 10.3. The average molecular weight is 232 g/mol. The summed E-state index contributed by atoms with van der Waals surface area (Å²) in [6.45, 7) is 5.31. The molecule has 0 unspecified atom stereocenters. The van der Waals surface area contributed by atoms with Crippen LogP contribution in [0.1, 0.15) is 25.0 Å². The summed E-state index contributed by atoms with van der Waals surface area (Å²) in [5.41, 5.74) is 2.02. The molecule has 1 aromatic carbocycles. The topological polar surface area (TPSA) is 43.4 Å². The number of ketones is 1. The summed E-state index contributed by atoms with van der Waals surface area (Å²) in [4.78, 5) is 22.9. The van der Waals surface area contributed by atoms with E-state index < -0.39 is 5.97 Å². The fourth-order valence-corrected chi connectivity index (χ4v) is 1.34. The van der Waals surface area contributed by atoms with Gasteiger partial charge in [-0.2, -0.15) is 0 Å². The van der Waals surface area contributed by atoms with Crippen LogP contribution in [0.15, 0.2) is 29.8 Å². The van der Waals surface area contributed by atoms with Crippen LogP contribution in [0.4, 0.5) is 0 Å². The summed E-state index contributed by atoms with van der Waals surface area (Å²) >= 11 is 0. The second-order valence-electron chi connectivity index (χ2n) is 3.75. The highest BCUT2D eigenvalue weighted by molar-refractivity contribution is 6.19. The molecule has 0 N–H and O–H groups in total. The second kappa shape index (κ2) is 5.99. The zero-order valence-electron chi connectivity index (χ0n) is 10.3. The van der Waals surface area contributed by atoms with Gasteiger partial charge in [0.1, 0.15) is 5.57 Å². The molecule has 90 valence electrons. The number of rotatable bonds is 4. The lowest BCUT2D eigenvalue weighted by atomic mass is 10.1. The monoisotopic (exact) mass is 232 g/mol. The molecule has 0 spiro atoms. The molecule has 0 heterocycles. The van der Waals surface area contributed by atoms with E-state index in [0.29, 0.717) is 0 Å². The largest absolute Gasteiger partial charge is 0.462 e. The van der Waals surface area contributed by atoms with Gasteiger partial charge in [0, 0.05) is 0 Å². The Morgan fingerprint density at radius 2 is 1.82 bits per heavy atom. The second-order valence-corrected chi connectivity index (χ2v) is 3.75. The molecule has 0 aromatic heterocycles. The van der Waals surface area contributed by atoms with Crippen LogP contribution in [-0.4, -0.2) is 18.4 Å². The standard InChI is InChI=1S/C14H16O3/c1-4-17-14(16)13(11(3)15)9-12-7-5-10(2)6-8-12/h5-9H,4H2,1-3H3/b13-9+. The number of carbonyl (C=O) groups excluding carboxylic acids is 2. The highest BCUT2D eigenvalue weighted by atomic mass is 16.5.